The van der Waals surface area contributed by atoms with Crippen molar-refractivity contribution in [2.45, 2.75) is 64.6 Å². The van der Waals surface area contributed by atoms with Crippen LogP contribution in [0.25, 0.3) is 0 Å². The van der Waals surface area contributed by atoms with Crippen LogP contribution in [0.15, 0.2) is 71.6 Å². The van der Waals surface area contributed by atoms with E-state index in [0.717, 1.165) is 9.87 Å². The van der Waals surface area contributed by atoms with Gasteiger partial charge in [0.25, 0.3) is 10.0 Å². The van der Waals surface area contributed by atoms with E-state index in [1.54, 1.807) is 61.5 Å². The number of ether oxygens (including phenoxy) is 1. The lowest BCUT2D eigenvalue weighted by atomic mass is 10.1. The highest BCUT2D eigenvalue weighted by Gasteiger charge is 2.33. The van der Waals surface area contributed by atoms with Crippen molar-refractivity contribution < 1.29 is 22.7 Å². The zero-order chi connectivity index (χ0) is 31.2. The topological polar surface area (TPSA) is 96.0 Å². The molecule has 0 saturated carbocycles. The molecule has 1 atom stereocenters. The van der Waals surface area contributed by atoms with Crippen molar-refractivity contribution in [3.05, 3.63) is 87.9 Å². The molecule has 226 valence electrons. The minimum atomic E-state index is -4.20. The highest BCUT2D eigenvalue weighted by atomic mass is 35.5. The Morgan fingerprint density at radius 1 is 0.976 bits per heavy atom. The molecule has 0 radical (unpaired) electrons. The largest absolute Gasteiger partial charge is 0.494 e. The molecule has 8 nitrogen and oxygen atoms in total. The molecule has 0 aliphatic carbocycles. The number of hydrogen-bond donors (Lipinski definition) is 1. The van der Waals surface area contributed by atoms with Gasteiger partial charge in [-0.1, -0.05) is 47.0 Å². The fraction of sp³-hybridized carbons (Fsp3) is 0.355. The van der Waals surface area contributed by atoms with Crippen LogP contribution in [0, 0.1) is 6.92 Å². The quantitative estimate of drug-likeness (QED) is 0.270. The van der Waals surface area contributed by atoms with Gasteiger partial charge in [0.05, 0.1) is 17.2 Å². The van der Waals surface area contributed by atoms with Crippen molar-refractivity contribution >= 4 is 50.7 Å². The SMILES string of the molecule is CCOc1ccc(S(=O)(=O)N(CC(=O)N(Cc2ccc(Cl)cc2Cl)[C@H](C)C(=O)NC(C)(C)C)c2ccc(C)cc2)cc1. The van der Waals surface area contributed by atoms with E-state index < -0.39 is 40.0 Å². The maximum absolute atomic E-state index is 14.1. The van der Waals surface area contributed by atoms with Crippen molar-refractivity contribution in [3.8, 4) is 5.75 Å². The molecule has 0 aromatic heterocycles. The molecule has 0 spiro atoms. The average Bonchev–Trinajstić information content (AvgIpc) is 2.91. The predicted octanol–water partition coefficient (Wildman–Crippen LogP) is 6.23. The molecular formula is C31H37Cl2N3O5S. The first-order chi connectivity index (χ1) is 19.6. The Morgan fingerprint density at radius 2 is 1.60 bits per heavy atom. The number of amides is 2. The fourth-order valence-electron chi connectivity index (χ4n) is 4.13. The van der Waals surface area contributed by atoms with E-state index in [1.807, 2.05) is 34.6 Å². The van der Waals surface area contributed by atoms with E-state index in [0.29, 0.717) is 33.7 Å². The molecule has 11 heteroatoms. The number of nitrogens with one attached hydrogen (secondary N) is 1. The predicted molar refractivity (Wildman–Crippen MR) is 168 cm³/mol. The van der Waals surface area contributed by atoms with Crippen LogP contribution in [0.3, 0.4) is 0 Å². The van der Waals surface area contributed by atoms with Crippen molar-refractivity contribution in [1.29, 1.82) is 0 Å². The van der Waals surface area contributed by atoms with E-state index in [9.17, 15) is 18.0 Å². The summed E-state index contributed by atoms with van der Waals surface area (Å²) in [7, 11) is -4.20. The number of carbonyl (C=O) groups excluding carboxylic acids is 2. The Hall–Kier alpha value is -3.27. The van der Waals surface area contributed by atoms with Gasteiger partial charge >= 0.3 is 0 Å². The van der Waals surface area contributed by atoms with Gasteiger partial charge in [0.15, 0.2) is 0 Å². The number of anilines is 1. The molecule has 42 heavy (non-hydrogen) atoms. The molecule has 3 aromatic rings. The summed E-state index contributed by atoms with van der Waals surface area (Å²) in [5.74, 6) is -0.455. The minimum Gasteiger partial charge on any atom is -0.494 e. The number of rotatable bonds is 11. The number of aryl methyl sites for hydroxylation is 1. The van der Waals surface area contributed by atoms with Crippen molar-refractivity contribution in [2.24, 2.45) is 0 Å². The lowest BCUT2D eigenvalue weighted by Crippen LogP contribution is -2.54. The summed E-state index contributed by atoms with van der Waals surface area (Å²) >= 11 is 12.5. The zero-order valence-electron chi connectivity index (χ0n) is 24.6. The number of nitrogens with zero attached hydrogens (tertiary/aromatic N) is 2. The lowest BCUT2D eigenvalue weighted by molar-refractivity contribution is -0.140. The number of carbonyl (C=O) groups is 2. The Morgan fingerprint density at radius 3 is 2.14 bits per heavy atom. The van der Waals surface area contributed by atoms with Gasteiger partial charge in [-0.05, 0) is 95.6 Å². The Kier molecular flexibility index (Phi) is 10.9. The molecule has 0 aliphatic rings. The van der Waals surface area contributed by atoms with Crippen molar-refractivity contribution in [3.63, 3.8) is 0 Å². The summed E-state index contributed by atoms with van der Waals surface area (Å²) in [6.07, 6.45) is 0. The van der Waals surface area contributed by atoms with Gasteiger partial charge in [0, 0.05) is 22.1 Å². The first-order valence-electron chi connectivity index (χ1n) is 13.5. The number of hydrogen-bond acceptors (Lipinski definition) is 5. The number of benzene rings is 3. The summed E-state index contributed by atoms with van der Waals surface area (Å²) in [6, 6.07) is 16.8. The van der Waals surface area contributed by atoms with Crippen LogP contribution in [0.2, 0.25) is 10.0 Å². The molecule has 3 aromatic carbocycles. The van der Waals surface area contributed by atoms with Gasteiger partial charge in [-0.3, -0.25) is 13.9 Å². The molecule has 0 heterocycles. The normalized spacial score (nSPS) is 12.4. The average molecular weight is 635 g/mol. The van der Waals surface area contributed by atoms with Crippen LogP contribution in [0.4, 0.5) is 5.69 Å². The van der Waals surface area contributed by atoms with Gasteiger partial charge < -0.3 is 15.0 Å². The Balaban J connectivity index is 2.05. The van der Waals surface area contributed by atoms with E-state index in [4.69, 9.17) is 27.9 Å². The summed E-state index contributed by atoms with van der Waals surface area (Å²) in [6.45, 7) is 10.7. The minimum absolute atomic E-state index is 0.00912. The summed E-state index contributed by atoms with van der Waals surface area (Å²) in [4.78, 5) is 28.6. The van der Waals surface area contributed by atoms with Gasteiger partial charge in [0.2, 0.25) is 11.8 Å². The lowest BCUT2D eigenvalue weighted by Gasteiger charge is -2.33. The van der Waals surface area contributed by atoms with Gasteiger partial charge in [-0.25, -0.2) is 8.42 Å². The van der Waals surface area contributed by atoms with E-state index in [-0.39, 0.29) is 11.4 Å². The number of sulfonamides is 1. The fourth-order valence-corrected chi connectivity index (χ4v) is 6.01. The van der Waals surface area contributed by atoms with E-state index in [2.05, 4.69) is 5.32 Å². The highest BCUT2D eigenvalue weighted by molar-refractivity contribution is 7.92. The van der Waals surface area contributed by atoms with Crippen LogP contribution in [0.5, 0.6) is 5.75 Å². The van der Waals surface area contributed by atoms with Crippen LogP contribution < -0.4 is 14.4 Å². The molecule has 0 unspecified atom stereocenters. The molecule has 2 amide bonds. The van der Waals surface area contributed by atoms with Crippen LogP contribution >= 0.6 is 23.2 Å². The first-order valence-corrected chi connectivity index (χ1v) is 15.7. The van der Waals surface area contributed by atoms with E-state index >= 15 is 0 Å². The first kappa shape index (κ1) is 33.2. The summed E-state index contributed by atoms with van der Waals surface area (Å²) in [5, 5.41) is 3.64. The Bertz CT molecular complexity index is 1510. The molecule has 3 rings (SSSR count). The molecule has 0 bridgehead atoms. The van der Waals surface area contributed by atoms with Crippen molar-refractivity contribution in [2.75, 3.05) is 17.5 Å². The third-order valence-electron chi connectivity index (χ3n) is 6.34. The van der Waals surface area contributed by atoms with Crippen molar-refractivity contribution in [1.82, 2.24) is 10.2 Å². The third kappa shape index (κ3) is 8.63. The monoisotopic (exact) mass is 633 g/mol. The summed E-state index contributed by atoms with van der Waals surface area (Å²) < 4.78 is 34.5. The standard InChI is InChI=1S/C31H37Cl2N3O5S/c1-7-41-26-14-16-27(17-15-26)42(39,40)36(25-12-8-21(2)9-13-25)20-29(37)35(22(3)30(38)34-31(4,5)6)19-23-10-11-24(32)18-28(23)33/h8-18,22H,7,19-20H2,1-6H3,(H,34,38)/t22-/m1/s1. The van der Waals surface area contributed by atoms with Gasteiger partial charge in [0.1, 0.15) is 18.3 Å². The van der Waals surface area contributed by atoms with Crippen LogP contribution in [0.1, 0.15) is 45.7 Å². The van der Waals surface area contributed by atoms with Gasteiger partial charge in [-0.15, -0.1) is 0 Å². The molecular weight excluding hydrogens is 597 g/mol. The third-order valence-corrected chi connectivity index (χ3v) is 8.72. The molecule has 0 saturated heterocycles. The van der Waals surface area contributed by atoms with Crippen LogP contribution in [-0.4, -0.2) is 49.9 Å². The Labute approximate surface area is 258 Å². The second-order valence-corrected chi connectivity index (χ2v) is 13.6. The second-order valence-electron chi connectivity index (χ2n) is 10.9. The molecule has 1 N–H and O–H groups in total. The maximum atomic E-state index is 14.1. The summed E-state index contributed by atoms with van der Waals surface area (Å²) in [5.41, 5.74) is 1.23. The maximum Gasteiger partial charge on any atom is 0.264 e. The van der Waals surface area contributed by atoms with E-state index in [1.165, 1.54) is 17.0 Å². The second kappa shape index (κ2) is 13.8. The smallest absolute Gasteiger partial charge is 0.264 e. The highest BCUT2D eigenvalue weighted by Crippen LogP contribution is 2.27. The number of halogens is 2. The zero-order valence-corrected chi connectivity index (χ0v) is 27.0. The van der Waals surface area contributed by atoms with Gasteiger partial charge in [-0.2, -0.15) is 0 Å². The molecule has 0 aliphatic heterocycles. The van der Waals surface area contributed by atoms with Crippen LogP contribution in [-0.2, 0) is 26.2 Å². The molecule has 0 fully saturated rings.